The van der Waals surface area contributed by atoms with Crippen LogP contribution in [0, 0.1) is 6.92 Å². The summed E-state index contributed by atoms with van der Waals surface area (Å²) in [5, 5.41) is 12.6. The Morgan fingerprint density at radius 3 is 2.26 bits per heavy atom. The van der Waals surface area contributed by atoms with Crippen molar-refractivity contribution in [3.8, 4) is 0 Å². The molecule has 1 amide bonds. The number of aryl methyl sites for hydroxylation is 2. The van der Waals surface area contributed by atoms with Crippen molar-refractivity contribution >= 4 is 17.8 Å². The van der Waals surface area contributed by atoms with Gasteiger partial charge in [0.1, 0.15) is 12.6 Å². The highest BCUT2D eigenvalue weighted by Gasteiger charge is 2.34. The fraction of sp³-hybridized carbons (Fsp3) is 0.444. The zero-order chi connectivity index (χ0) is 24.7. The van der Waals surface area contributed by atoms with Crippen molar-refractivity contribution < 1.29 is 24.2 Å². The van der Waals surface area contributed by atoms with Crippen LogP contribution in [0.15, 0.2) is 48.5 Å². The Labute approximate surface area is 201 Å². The molecule has 1 unspecified atom stereocenters. The number of esters is 1. The van der Waals surface area contributed by atoms with E-state index in [4.69, 9.17) is 4.74 Å². The van der Waals surface area contributed by atoms with Gasteiger partial charge < -0.3 is 14.7 Å². The average Bonchev–Trinajstić information content (AvgIpc) is 3.24. The van der Waals surface area contributed by atoms with Crippen LogP contribution in [0.3, 0.4) is 0 Å². The van der Waals surface area contributed by atoms with E-state index in [1.165, 1.54) is 4.90 Å². The molecule has 0 radical (unpaired) electrons. The molecule has 0 heterocycles. The smallest absolute Gasteiger partial charge is 0.323 e. The van der Waals surface area contributed by atoms with Gasteiger partial charge in [0, 0.05) is 6.04 Å². The summed E-state index contributed by atoms with van der Waals surface area (Å²) >= 11 is 0. The van der Waals surface area contributed by atoms with Crippen LogP contribution in [-0.4, -0.2) is 59.1 Å². The van der Waals surface area contributed by atoms with Gasteiger partial charge in [-0.15, -0.1) is 0 Å². The number of carbonyl (C=O) groups excluding carboxylic acids is 2. The first-order chi connectivity index (χ1) is 16.3. The van der Waals surface area contributed by atoms with Gasteiger partial charge in [-0.1, -0.05) is 54.1 Å². The maximum absolute atomic E-state index is 13.4. The number of ether oxygens (including phenoxy) is 1. The number of hydrogen-bond acceptors (Lipinski definition) is 5. The van der Waals surface area contributed by atoms with Gasteiger partial charge in [-0.2, -0.15) is 0 Å². The van der Waals surface area contributed by atoms with E-state index in [1.54, 1.807) is 13.8 Å². The summed E-state index contributed by atoms with van der Waals surface area (Å²) in [4.78, 5) is 39.0. The number of nitrogens with one attached hydrogen (secondary N) is 1. The number of rotatable bonds is 11. The van der Waals surface area contributed by atoms with E-state index in [-0.39, 0.29) is 25.1 Å². The van der Waals surface area contributed by atoms with E-state index < -0.39 is 24.0 Å². The molecule has 0 aliphatic heterocycles. The van der Waals surface area contributed by atoms with E-state index in [0.717, 1.165) is 22.3 Å². The van der Waals surface area contributed by atoms with Crippen molar-refractivity contribution in [3.05, 3.63) is 70.8 Å². The fourth-order valence-corrected chi connectivity index (χ4v) is 4.49. The molecule has 0 fully saturated rings. The molecule has 3 rings (SSSR count). The summed E-state index contributed by atoms with van der Waals surface area (Å²) in [6, 6.07) is 14.4. The van der Waals surface area contributed by atoms with Crippen LogP contribution in [0.5, 0.6) is 0 Å². The van der Waals surface area contributed by atoms with Gasteiger partial charge >= 0.3 is 11.9 Å². The Morgan fingerprint density at radius 2 is 1.71 bits per heavy atom. The minimum Gasteiger partial charge on any atom is -0.480 e. The van der Waals surface area contributed by atoms with Crippen LogP contribution in [0.2, 0.25) is 0 Å². The van der Waals surface area contributed by atoms with E-state index in [2.05, 4.69) is 5.32 Å². The van der Waals surface area contributed by atoms with Crippen molar-refractivity contribution in [2.75, 3.05) is 13.2 Å². The third-order valence-electron chi connectivity index (χ3n) is 6.29. The van der Waals surface area contributed by atoms with Crippen LogP contribution in [0.1, 0.15) is 42.5 Å². The van der Waals surface area contributed by atoms with E-state index in [0.29, 0.717) is 25.7 Å². The molecule has 0 aromatic heterocycles. The number of aliphatic carboxylic acids is 1. The maximum atomic E-state index is 13.4. The summed E-state index contributed by atoms with van der Waals surface area (Å²) in [6.07, 6.45) is 2.36. The van der Waals surface area contributed by atoms with Gasteiger partial charge in [0.2, 0.25) is 5.91 Å². The van der Waals surface area contributed by atoms with Gasteiger partial charge in [0.05, 0.1) is 12.6 Å². The van der Waals surface area contributed by atoms with Gasteiger partial charge in [-0.3, -0.25) is 19.7 Å². The van der Waals surface area contributed by atoms with Crippen molar-refractivity contribution in [1.29, 1.82) is 0 Å². The molecular formula is C27H34N2O5. The minimum atomic E-state index is -1.06. The Balaban J connectivity index is 1.70. The van der Waals surface area contributed by atoms with E-state index >= 15 is 0 Å². The molecule has 182 valence electrons. The predicted octanol–water partition coefficient (Wildman–Crippen LogP) is 2.92. The topological polar surface area (TPSA) is 95.9 Å². The number of carboxylic acids is 1. The van der Waals surface area contributed by atoms with Crippen molar-refractivity contribution in [3.63, 3.8) is 0 Å². The zero-order valence-electron chi connectivity index (χ0n) is 20.1. The monoisotopic (exact) mass is 466 g/mol. The molecule has 0 saturated carbocycles. The van der Waals surface area contributed by atoms with Crippen LogP contribution in [-0.2, 0) is 38.4 Å². The second-order valence-corrected chi connectivity index (χ2v) is 8.91. The second-order valence-electron chi connectivity index (χ2n) is 8.91. The molecule has 0 spiro atoms. The highest BCUT2D eigenvalue weighted by Crippen LogP contribution is 2.26. The predicted molar refractivity (Wildman–Crippen MR) is 130 cm³/mol. The summed E-state index contributed by atoms with van der Waals surface area (Å²) in [7, 11) is 0. The molecule has 1 aliphatic carbocycles. The zero-order valence-corrected chi connectivity index (χ0v) is 20.1. The average molecular weight is 467 g/mol. The minimum absolute atomic E-state index is 0.223. The van der Waals surface area contributed by atoms with Gasteiger partial charge in [0.15, 0.2) is 0 Å². The van der Waals surface area contributed by atoms with Gasteiger partial charge in [-0.05, 0) is 63.1 Å². The van der Waals surface area contributed by atoms with E-state index in [1.807, 2.05) is 55.5 Å². The Hall–Kier alpha value is -3.19. The lowest BCUT2D eigenvalue weighted by Crippen LogP contribution is -2.54. The first-order valence-corrected chi connectivity index (χ1v) is 11.9. The van der Waals surface area contributed by atoms with Crippen LogP contribution in [0.4, 0.5) is 0 Å². The first-order valence-electron chi connectivity index (χ1n) is 11.9. The molecule has 2 aromatic rings. The molecule has 34 heavy (non-hydrogen) atoms. The number of fused-ring (bicyclic) bond motifs is 1. The fourth-order valence-electron chi connectivity index (χ4n) is 4.49. The molecule has 0 saturated heterocycles. The van der Waals surface area contributed by atoms with Crippen LogP contribution >= 0.6 is 0 Å². The molecule has 2 atom stereocenters. The van der Waals surface area contributed by atoms with Gasteiger partial charge in [0.25, 0.3) is 0 Å². The van der Waals surface area contributed by atoms with Crippen LogP contribution in [0.25, 0.3) is 0 Å². The second kappa shape index (κ2) is 11.8. The first kappa shape index (κ1) is 25.4. The van der Waals surface area contributed by atoms with Crippen molar-refractivity contribution in [1.82, 2.24) is 10.2 Å². The molecule has 2 aromatic carbocycles. The molecule has 0 bridgehead atoms. The highest BCUT2D eigenvalue weighted by molar-refractivity contribution is 5.86. The molecular weight excluding hydrogens is 432 g/mol. The number of benzene rings is 2. The Morgan fingerprint density at radius 1 is 1.09 bits per heavy atom. The standard InChI is InChI=1S/C27H34N2O5/c1-4-34-27(33)24(14-13-20-11-9-18(2)10-12-20)28-19(3)26(32)29(17-25(30)31)23-15-21-7-5-6-8-22(21)16-23/h5-12,19,23-24,28H,4,13-17H2,1-3H3,(H,30,31)/t19-,24?/m0/s1. The number of hydrogen-bond donors (Lipinski definition) is 2. The number of carbonyl (C=O) groups is 3. The Bertz CT molecular complexity index is 979. The number of amides is 1. The van der Waals surface area contributed by atoms with E-state index in [9.17, 15) is 19.5 Å². The Kier molecular flexibility index (Phi) is 8.82. The molecule has 7 nitrogen and oxygen atoms in total. The maximum Gasteiger partial charge on any atom is 0.323 e. The summed E-state index contributed by atoms with van der Waals surface area (Å²) in [5.74, 6) is -1.80. The number of nitrogens with zero attached hydrogens (tertiary/aromatic N) is 1. The van der Waals surface area contributed by atoms with Crippen LogP contribution < -0.4 is 5.32 Å². The van der Waals surface area contributed by atoms with Crippen molar-refractivity contribution in [2.24, 2.45) is 0 Å². The third-order valence-corrected chi connectivity index (χ3v) is 6.29. The molecule has 2 N–H and O–H groups in total. The lowest BCUT2D eigenvalue weighted by molar-refractivity contribution is -0.149. The van der Waals surface area contributed by atoms with Gasteiger partial charge in [-0.25, -0.2) is 0 Å². The third kappa shape index (κ3) is 6.67. The molecule has 1 aliphatic rings. The summed E-state index contributed by atoms with van der Waals surface area (Å²) in [5.41, 5.74) is 4.53. The number of carboxylic acid groups (broad SMARTS) is 1. The SMILES string of the molecule is CCOC(=O)C(CCc1ccc(C)cc1)N[C@@H](C)C(=O)N(CC(=O)O)C1Cc2ccccc2C1. The lowest BCUT2D eigenvalue weighted by Gasteiger charge is -2.31. The summed E-state index contributed by atoms with van der Waals surface area (Å²) in [6.45, 7) is 5.31. The van der Waals surface area contributed by atoms with Crippen molar-refractivity contribution in [2.45, 2.75) is 64.6 Å². The summed E-state index contributed by atoms with van der Waals surface area (Å²) < 4.78 is 5.24. The molecule has 7 heteroatoms. The highest BCUT2D eigenvalue weighted by atomic mass is 16.5. The quantitative estimate of drug-likeness (QED) is 0.495. The normalized spacial score (nSPS) is 14.8. The largest absolute Gasteiger partial charge is 0.480 e. The lowest BCUT2D eigenvalue weighted by atomic mass is 10.0.